The summed E-state index contributed by atoms with van der Waals surface area (Å²) in [6, 6.07) is 14.1. The number of benzene rings is 2. The number of aryl methyl sites for hydroxylation is 2. The lowest BCUT2D eigenvalue weighted by Gasteiger charge is -2.29. The third-order valence-electron chi connectivity index (χ3n) is 5.35. The Labute approximate surface area is 177 Å². The number of amides is 2. The third kappa shape index (κ3) is 4.87. The lowest BCUT2D eigenvalue weighted by Crippen LogP contribution is -2.46. The van der Waals surface area contributed by atoms with Crippen LogP contribution in [-0.2, 0) is 20.7 Å². The SMILES string of the molecule is Cc1ccccc1C(=O)N[C@H](C(=O)OCC(=O)N1CCCc2ccccc21)C(C)C. The Kier molecular flexibility index (Phi) is 6.87. The number of anilines is 1. The van der Waals surface area contributed by atoms with Crippen molar-refractivity contribution in [3.8, 4) is 0 Å². The Balaban J connectivity index is 1.63. The normalized spacial score (nSPS) is 14.1. The Bertz CT molecular complexity index is 938. The van der Waals surface area contributed by atoms with Crippen LogP contribution in [0.25, 0.3) is 0 Å². The minimum Gasteiger partial charge on any atom is -0.454 e. The number of carbonyl (C=O) groups is 3. The molecule has 0 fully saturated rings. The molecule has 2 aromatic rings. The summed E-state index contributed by atoms with van der Waals surface area (Å²) >= 11 is 0. The number of fused-ring (bicyclic) bond motifs is 1. The standard InChI is InChI=1S/C24H28N2O4/c1-16(2)22(25-23(28)19-12-6-4-9-17(19)3)24(29)30-15-21(27)26-14-8-11-18-10-5-7-13-20(18)26/h4-7,9-10,12-13,16,22H,8,11,14-15H2,1-3H3,(H,25,28)/t22-/m0/s1. The van der Waals surface area contributed by atoms with Gasteiger partial charge in [-0.3, -0.25) is 9.59 Å². The molecule has 158 valence electrons. The van der Waals surface area contributed by atoms with Crippen LogP contribution in [0.3, 0.4) is 0 Å². The molecule has 0 saturated carbocycles. The Morgan fingerprint density at radius 3 is 2.50 bits per heavy atom. The number of nitrogens with zero attached hydrogens (tertiary/aromatic N) is 1. The van der Waals surface area contributed by atoms with Crippen LogP contribution < -0.4 is 10.2 Å². The predicted molar refractivity (Wildman–Crippen MR) is 115 cm³/mol. The fourth-order valence-corrected chi connectivity index (χ4v) is 3.64. The number of hydrogen-bond acceptors (Lipinski definition) is 4. The van der Waals surface area contributed by atoms with Crippen molar-refractivity contribution in [1.29, 1.82) is 0 Å². The minimum atomic E-state index is -0.835. The quantitative estimate of drug-likeness (QED) is 0.745. The Hall–Kier alpha value is -3.15. The summed E-state index contributed by atoms with van der Waals surface area (Å²) in [6.45, 7) is 5.74. The molecule has 1 aliphatic heterocycles. The molecule has 0 unspecified atom stereocenters. The molecule has 6 heteroatoms. The van der Waals surface area contributed by atoms with Gasteiger partial charge in [-0.2, -0.15) is 0 Å². The second-order valence-electron chi connectivity index (χ2n) is 7.90. The molecule has 0 bridgehead atoms. The number of esters is 1. The zero-order valence-electron chi connectivity index (χ0n) is 17.7. The van der Waals surface area contributed by atoms with E-state index >= 15 is 0 Å². The van der Waals surface area contributed by atoms with Gasteiger partial charge in [0.1, 0.15) is 6.04 Å². The third-order valence-corrected chi connectivity index (χ3v) is 5.35. The van der Waals surface area contributed by atoms with Gasteiger partial charge in [0.05, 0.1) is 0 Å². The monoisotopic (exact) mass is 408 g/mol. The summed E-state index contributed by atoms with van der Waals surface area (Å²) in [6.07, 6.45) is 1.80. The molecule has 1 atom stereocenters. The van der Waals surface area contributed by atoms with Crippen LogP contribution in [0.5, 0.6) is 0 Å². The molecule has 30 heavy (non-hydrogen) atoms. The summed E-state index contributed by atoms with van der Waals surface area (Å²) in [4.78, 5) is 39.7. The molecule has 0 radical (unpaired) electrons. The van der Waals surface area contributed by atoms with Crippen LogP contribution in [0.4, 0.5) is 5.69 Å². The first kappa shape index (κ1) is 21.6. The number of nitrogens with one attached hydrogen (secondary N) is 1. The highest BCUT2D eigenvalue weighted by molar-refractivity contribution is 5.99. The summed E-state index contributed by atoms with van der Waals surface area (Å²) in [5, 5.41) is 2.75. The van der Waals surface area contributed by atoms with Crippen molar-refractivity contribution >= 4 is 23.5 Å². The lowest BCUT2D eigenvalue weighted by atomic mass is 10.0. The topological polar surface area (TPSA) is 75.7 Å². The summed E-state index contributed by atoms with van der Waals surface area (Å²) in [5.41, 5.74) is 3.33. The highest BCUT2D eigenvalue weighted by Gasteiger charge is 2.29. The zero-order chi connectivity index (χ0) is 21.7. The maximum absolute atomic E-state index is 12.7. The van der Waals surface area contributed by atoms with Gasteiger partial charge in [0.15, 0.2) is 6.61 Å². The molecule has 1 aliphatic rings. The van der Waals surface area contributed by atoms with Gasteiger partial charge in [0.2, 0.25) is 0 Å². The Morgan fingerprint density at radius 1 is 1.07 bits per heavy atom. The van der Waals surface area contributed by atoms with Crippen LogP contribution in [0.1, 0.15) is 41.8 Å². The first-order valence-electron chi connectivity index (χ1n) is 10.3. The lowest BCUT2D eigenvalue weighted by molar-refractivity contribution is -0.150. The van der Waals surface area contributed by atoms with E-state index in [2.05, 4.69) is 5.32 Å². The highest BCUT2D eigenvalue weighted by atomic mass is 16.5. The maximum atomic E-state index is 12.7. The number of hydrogen-bond donors (Lipinski definition) is 1. The fourth-order valence-electron chi connectivity index (χ4n) is 3.64. The van der Waals surface area contributed by atoms with E-state index in [1.165, 1.54) is 0 Å². The van der Waals surface area contributed by atoms with Crippen molar-refractivity contribution in [2.24, 2.45) is 5.92 Å². The molecule has 2 aromatic carbocycles. The van der Waals surface area contributed by atoms with E-state index in [1.54, 1.807) is 17.0 Å². The molecule has 0 aliphatic carbocycles. The van der Waals surface area contributed by atoms with E-state index in [-0.39, 0.29) is 24.3 Å². The molecule has 0 spiro atoms. The summed E-state index contributed by atoms with van der Waals surface area (Å²) in [7, 11) is 0. The van der Waals surface area contributed by atoms with Crippen molar-refractivity contribution in [2.75, 3.05) is 18.1 Å². The minimum absolute atomic E-state index is 0.184. The molecular formula is C24H28N2O4. The molecule has 3 rings (SSSR count). The first-order valence-corrected chi connectivity index (χ1v) is 10.3. The first-order chi connectivity index (χ1) is 14.4. The van der Waals surface area contributed by atoms with E-state index in [0.717, 1.165) is 29.7 Å². The number of rotatable bonds is 6. The van der Waals surface area contributed by atoms with Gasteiger partial charge in [0, 0.05) is 17.8 Å². The van der Waals surface area contributed by atoms with Crippen LogP contribution in [-0.4, -0.2) is 37.0 Å². The van der Waals surface area contributed by atoms with Crippen LogP contribution in [0.15, 0.2) is 48.5 Å². The second-order valence-corrected chi connectivity index (χ2v) is 7.90. The van der Waals surface area contributed by atoms with Crippen molar-refractivity contribution in [2.45, 2.75) is 39.7 Å². The van der Waals surface area contributed by atoms with E-state index in [9.17, 15) is 14.4 Å². The molecule has 0 saturated heterocycles. The summed E-state index contributed by atoms with van der Waals surface area (Å²) in [5.74, 6) is -1.38. The van der Waals surface area contributed by atoms with Gasteiger partial charge in [-0.15, -0.1) is 0 Å². The van der Waals surface area contributed by atoms with Gasteiger partial charge in [0.25, 0.3) is 11.8 Å². The average molecular weight is 408 g/mol. The number of ether oxygens (including phenoxy) is 1. The number of para-hydroxylation sites is 1. The molecule has 2 amide bonds. The van der Waals surface area contributed by atoms with E-state index in [1.807, 2.05) is 57.2 Å². The van der Waals surface area contributed by atoms with Gasteiger partial charge in [-0.1, -0.05) is 50.2 Å². The van der Waals surface area contributed by atoms with Crippen molar-refractivity contribution in [1.82, 2.24) is 5.32 Å². The molecule has 0 aromatic heterocycles. The van der Waals surface area contributed by atoms with Gasteiger partial charge < -0.3 is 15.0 Å². The highest BCUT2D eigenvalue weighted by Crippen LogP contribution is 2.26. The summed E-state index contributed by atoms with van der Waals surface area (Å²) < 4.78 is 5.32. The van der Waals surface area contributed by atoms with E-state index in [4.69, 9.17) is 4.74 Å². The molecule has 1 heterocycles. The van der Waals surface area contributed by atoms with Gasteiger partial charge in [-0.05, 0) is 48.9 Å². The van der Waals surface area contributed by atoms with Gasteiger partial charge in [-0.25, -0.2) is 4.79 Å². The maximum Gasteiger partial charge on any atom is 0.329 e. The van der Waals surface area contributed by atoms with Crippen molar-refractivity contribution < 1.29 is 19.1 Å². The van der Waals surface area contributed by atoms with E-state index < -0.39 is 12.0 Å². The van der Waals surface area contributed by atoms with Crippen LogP contribution in [0.2, 0.25) is 0 Å². The van der Waals surface area contributed by atoms with Gasteiger partial charge >= 0.3 is 5.97 Å². The van der Waals surface area contributed by atoms with Crippen LogP contribution >= 0.6 is 0 Å². The average Bonchev–Trinajstić information content (AvgIpc) is 2.75. The molecule has 1 N–H and O–H groups in total. The second kappa shape index (κ2) is 9.57. The fraction of sp³-hybridized carbons (Fsp3) is 0.375. The Morgan fingerprint density at radius 2 is 1.77 bits per heavy atom. The van der Waals surface area contributed by atoms with Crippen LogP contribution in [0, 0.1) is 12.8 Å². The zero-order valence-corrected chi connectivity index (χ0v) is 17.7. The van der Waals surface area contributed by atoms with E-state index in [0.29, 0.717) is 12.1 Å². The number of carbonyl (C=O) groups excluding carboxylic acids is 3. The molecule has 6 nitrogen and oxygen atoms in total. The van der Waals surface area contributed by atoms with Crippen molar-refractivity contribution in [3.63, 3.8) is 0 Å². The predicted octanol–water partition coefficient (Wildman–Crippen LogP) is 3.27. The largest absolute Gasteiger partial charge is 0.454 e. The van der Waals surface area contributed by atoms with Crippen molar-refractivity contribution in [3.05, 3.63) is 65.2 Å². The molecular weight excluding hydrogens is 380 g/mol. The smallest absolute Gasteiger partial charge is 0.329 e.